The molecule has 0 aromatic heterocycles. The van der Waals surface area contributed by atoms with Gasteiger partial charge in [0.15, 0.2) is 0 Å². The minimum Gasteiger partial charge on any atom is -0.466 e. The summed E-state index contributed by atoms with van der Waals surface area (Å²) in [5.41, 5.74) is -0.841. The van der Waals surface area contributed by atoms with Gasteiger partial charge in [0.05, 0.1) is 18.6 Å². The van der Waals surface area contributed by atoms with Crippen LogP contribution in [0.25, 0.3) is 0 Å². The van der Waals surface area contributed by atoms with E-state index in [-0.39, 0.29) is 12.4 Å². The lowest BCUT2D eigenvalue weighted by Crippen LogP contribution is -2.31. The molecule has 0 aliphatic heterocycles. The Bertz CT molecular complexity index is 171. The second kappa shape index (κ2) is 3.44. The third kappa shape index (κ3) is 2.48. The van der Waals surface area contributed by atoms with E-state index < -0.39 is 5.60 Å². The van der Waals surface area contributed by atoms with Crippen molar-refractivity contribution in [3.05, 3.63) is 0 Å². The molecule has 1 N–H and O–H groups in total. The zero-order valence-corrected chi connectivity index (χ0v) is 7.67. The molecule has 0 bridgehead atoms. The van der Waals surface area contributed by atoms with E-state index in [9.17, 15) is 9.90 Å². The van der Waals surface area contributed by atoms with Gasteiger partial charge in [0.1, 0.15) is 0 Å². The Morgan fingerprint density at radius 1 is 1.67 bits per heavy atom. The van der Waals surface area contributed by atoms with Gasteiger partial charge < -0.3 is 9.84 Å². The van der Waals surface area contributed by atoms with Gasteiger partial charge in [-0.1, -0.05) is 0 Å². The van der Waals surface area contributed by atoms with Crippen LogP contribution in [0.4, 0.5) is 0 Å². The molecule has 3 heteroatoms. The molecule has 1 atom stereocenters. The van der Waals surface area contributed by atoms with E-state index >= 15 is 0 Å². The highest BCUT2D eigenvalue weighted by atomic mass is 16.5. The minimum absolute atomic E-state index is 0.130. The molecule has 12 heavy (non-hydrogen) atoms. The van der Waals surface area contributed by atoms with Gasteiger partial charge in [-0.05, 0) is 32.6 Å². The highest BCUT2D eigenvalue weighted by Gasteiger charge is 2.41. The van der Waals surface area contributed by atoms with Crippen LogP contribution in [-0.4, -0.2) is 23.3 Å². The molecule has 1 aliphatic rings. The summed E-state index contributed by atoms with van der Waals surface area (Å²) in [4.78, 5) is 11.0. The number of hydrogen-bond donors (Lipinski definition) is 1. The summed E-state index contributed by atoms with van der Waals surface area (Å²) in [5, 5.41) is 9.75. The molecule has 1 fully saturated rings. The quantitative estimate of drug-likeness (QED) is 0.646. The fraction of sp³-hybridized carbons (Fsp3) is 0.889. The fourth-order valence-electron chi connectivity index (χ4n) is 1.35. The zero-order valence-electron chi connectivity index (χ0n) is 7.67. The van der Waals surface area contributed by atoms with E-state index in [4.69, 9.17) is 4.74 Å². The average Bonchev–Trinajstić information content (AvgIpc) is 2.65. The molecule has 3 nitrogen and oxygen atoms in total. The van der Waals surface area contributed by atoms with Crippen LogP contribution in [0.15, 0.2) is 0 Å². The Balaban J connectivity index is 2.32. The predicted molar refractivity (Wildman–Crippen MR) is 44.6 cm³/mol. The molecule has 70 valence electrons. The van der Waals surface area contributed by atoms with E-state index in [0.29, 0.717) is 12.5 Å². The van der Waals surface area contributed by atoms with E-state index in [2.05, 4.69) is 0 Å². The Labute approximate surface area is 72.7 Å². The third-order valence-corrected chi connectivity index (χ3v) is 2.26. The van der Waals surface area contributed by atoms with E-state index in [1.807, 2.05) is 0 Å². The van der Waals surface area contributed by atoms with Crippen LogP contribution >= 0.6 is 0 Å². The summed E-state index contributed by atoms with van der Waals surface area (Å²) in [5.74, 6) is 0.0105. The number of aliphatic hydroxyl groups is 1. The smallest absolute Gasteiger partial charge is 0.308 e. The molecule has 0 amide bonds. The van der Waals surface area contributed by atoms with Crippen LogP contribution in [0, 0.1) is 5.92 Å². The van der Waals surface area contributed by atoms with Gasteiger partial charge in [-0.3, -0.25) is 4.79 Å². The van der Waals surface area contributed by atoms with Crippen molar-refractivity contribution in [2.75, 3.05) is 6.61 Å². The van der Waals surface area contributed by atoms with Gasteiger partial charge in [0, 0.05) is 0 Å². The van der Waals surface area contributed by atoms with Crippen molar-refractivity contribution in [3.8, 4) is 0 Å². The SMILES string of the molecule is CCOC(=O)CC(C)(O)C1CC1. The van der Waals surface area contributed by atoms with Crippen LogP contribution in [0.2, 0.25) is 0 Å². The van der Waals surface area contributed by atoms with Crippen molar-refractivity contribution >= 4 is 5.97 Å². The number of ether oxygens (including phenoxy) is 1. The average molecular weight is 172 g/mol. The lowest BCUT2D eigenvalue weighted by atomic mass is 9.97. The summed E-state index contributed by atoms with van der Waals surface area (Å²) >= 11 is 0. The second-order valence-corrected chi connectivity index (χ2v) is 3.61. The maximum absolute atomic E-state index is 11.0. The van der Waals surface area contributed by atoms with Crippen LogP contribution < -0.4 is 0 Å². The van der Waals surface area contributed by atoms with Crippen LogP contribution in [0.5, 0.6) is 0 Å². The van der Waals surface area contributed by atoms with Crippen molar-refractivity contribution in [3.63, 3.8) is 0 Å². The molecule has 1 saturated carbocycles. The standard InChI is InChI=1S/C9H16O3/c1-3-12-8(10)6-9(2,11)7-4-5-7/h7,11H,3-6H2,1-2H3. The first-order chi connectivity index (χ1) is 5.56. The first-order valence-corrected chi connectivity index (χ1v) is 4.44. The lowest BCUT2D eigenvalue weighted by Gasteiger charge is -2.21. The normalized spacial score (nSPS) is 21.6. The van der Waals surface area contributed by atoms with Gasteiger partial charge in [0.25, 0.3) is 0 Å². The van der Waals surface area contributed by atoms with Crippen molar-refractivity contribution in [1.82, 2.24) is 0 Å². The summed E-state index contributed by atoms with van der Waals surface area (Å²) in [6.07, 6.45) is 2.20. The summed E-state index contributed by atoms with van der Waals surface area (Å²) in [7, 11) is 0. The highest BCUT2D eigenvalue weighted by molar-refractivity contribution is 5.70. The Morgan fingerprint density at radius 2 is 2.25 bits per heavy atom. The van der Waals surface area contributed by atoms with E-state index in [1.165, 1.54) is 0 Å². The number of carbonyl (C=O) groups is 1. The molecule has 0 radical (unpaired) electrons. The summed E-state index contributed by atoms with van der Waals surface area (Å²) in [6.45, 7) is 3.87. The molecular weight excluding hydrogens is 156 g/mol. The maximum atomic E-state index is 11.0. The molecule has 1 rings (SSSR count). The van der Waals surface area contributed by atoms with Gasteiger partial charge >= 0.3 is 5.97 Å². The van der Waals surface area contributed by atoms with Gasteiger partial charge in [0.2, 0.25) is 0 Å². The largest absolute Gasteiger partial charge is 0.466 e. The van der Waals surface area contributed by atoms with Gasteiger partial charge in [-0.25, -0.2) is 0 Å². The molecule has 0 spiro atoms. The topological polar surface area (TPSA) is 46.5 Å². The first-order valence-electron chi connectivity index (χ1n) is 4.44. The molecular formula is C9H16O3. The third-order valence-electron chi connectivity index (χ3n) is 2.26. The molecule has 0 aromatic rings. The Morgan fingerprint density at radius 3 is 2.67 bits per heavy atom. The molecule has 0 aromatic carbocycles. The number of esters is 1. The van der Waals surface area contributed by atoms with Crippen LogP contribution in [-0.2, 0) is 9.53 Å². The minimum atomic E-state index is -0.841. The van der Waals surface area contributed by atoms with Gasteiger partial charge in [-0.2, -0.15) is 0 Å². The molecule has 1 aliphatic carbocycles. The molecule has 1 unspecified atom stereocenters. The van der Waals surface area contributed by atoms with E-state index in [1.54, 1.807) is 13.8 Å². The monoisotopic (exact) mass is 172 g/mol. The fourth-order valence-corrected chi connectivity index (χ4v) is 1.35. The Kier molecular flexibility index (Phi) is 2.73. The summed E-state index contributed by atoms with van der Waals surface area (Å²) in [6, 6.07) is 0. The predicted octanol–water partition coefficient (Wildman–Crippen LogP) is 1.10. The van der Waals surface area contributed by atoms with Crippen LogP contribution in [0.1, 0.15) is 33.1 Å². The highest BCUT2D eigenvalue weighted by Crippen LogP contribution is 2.41. The summed E-state index contributed by atoms with van der Waals surface area (Å²) < 4.78 is 4.76. The number of hydrogen-bond acceptors (Lipinski definition) is 3. The van der Waals surface area contributed by atoms with Crippen molar-refractivity contribution in [2.45, 2.75) is 38.7 Å². The lowest BCUT2D eigenvalue weighted by molar-refractivity contribution is -0.148. The van der Waals surface area contributed by atoms with Crippen molar-refractivity contribution in [2.24, 2.45) is 5.92 Å². The second-order valence-electron chi connectivity index (χ2n) is 3.61. The number of rotatable bonds is 4. The Hall–Kier alpha value is -0.570. The van der Waals surface area contributed by atoms with Crippen molar-refractivity contribution < 1.29 is 14.6 Å². The van der Waals surface area contributed by atoms with Crippen LogP contribution in [0.3, 0.4) is 0 Å². The van der Waals surface area contributed by atoms with Crippen molar-refractivity contribution in [1.29, 1.82) is 0 Å². The first kappa shape index (κ1) is 9.52. The van der Waals surface area contributed by atoms with E-state index in [0.717, 1.165) is 12.8 Å². The number of carbonyl (C=O) groups excluding carboxylic acids is 1. The van der Waals surface area contributed by atoms with Gasteiger partial charge in [-0.15, -0.1) is 0 Å². The zero-order chi connectivity index (χ0) is 9.19. The maximum Gasteiger partial charge on any atom is 0.308 e. The molecule has 0 saturated heterocycles. The molecule has 0 heterocycles.